The van der Waals surface area contributed by atoms with Crippen molar-refractivity contribution in [3.63, 3.8) is 0 Å². The molecule has 2 amide bonds. The molecule has 0 saturated heterocycles. The van der Waals surface area contributed by atoms with Gasteiger partial charge in [-0.05, 0) is 38.1 Å². The van der Waals surface area contributed by atoms with Crippen LogP contribution in [0.25, 0.3) is 0 Å². The first-order valence-electron chi connectivity index (χ1n) is 7.05. The summed E-state index contributed by atoms with van der Waals surface area (Å²) in [4.78, 5) is 25.0. The molecule has 4 nitrogen and oxygen atoms in total. The van der Waals surface area contributed by atoms with Gasteiger partial charge in [0.2, 0.25) is 0 Å². The summed E-state index contributed by atoms with van der Waals surface area (Å²) in [6.07, 6.45) is 0. The lowest BCUT2D eigenvalue weighted by molar-refractivity contribution is 0.0516. The smallest absolute Gasteiger partial charge is 0.267 e. The maximum Gasteiger partial charge on any atom is 0.275 e. The average molecular weight is 351 g/mol. The first kappa shape index (κ1) is 17.3. The molecule has 6 heteroatoms. The van der Waals surface area contributed by atoms with E-state index >= 15 is 0 Å². The van der Waals surface area contributed by atoms with Crippen molar-refractivity contribution >= 4 is 35.0 Å². The molecule has 120 valence electrons. The SMILES string of the molecule is CC(C)N(NC(=O)c1ccccc1)C(=O)c1c(Cl)cccc1Cl. The van der Waals surface area contributed by atoms with Crippen LogP contribution in [0.4, 0.5) is 0 Å². The third-order valence-corrected chi connectivity index (χ3v) is 3.80. The van der Waals surface area contributed by atoms with Gasteiger partial charge in [-0.25, -0.2) is 5.01 Å². The van der Waals surface area contributed by atoms with E-state index in [1.54, 1.807) is 56.3 Å². The molecule has 0 spiro atoms. The van der Waals surface area contributed by atoms with E-state index in [0.717, 1.165) is 0 Å². The molecule has 2 aromatic rings. The molecular weight excluding hydrogens is 335 g/mol. The molecule has 0 aliphatic heterocycles. The number of hydrogen-bond donors (Lipinski definition) is 1. The number of halogens is 2. The first-order chi connectivity index (χ1) is 10.9. The van der Waals surface area contributed by atoms with Gasteiger partial charge in [-0.1, -0.05) is 47.5 Å². The lowest BCUT2D eigenvalue weighted by atomic mass is 10.2. The lowest BCUT2D eigenvalue weighted by Crippen LogP contribution is -2.50. The van der Waals surface area contributed by atoms with Crippen molar-refractivity contribution in [1.82, 2.24) is 10.4 Å². The van der Waals surface area contributed by atoms with Crippen LogP contribution in [0.3, 0.4) is 0 Å². The minimum absolute atomic E-state index is 0.165. The molecule has 0 radical (unpaired) electrons. The van der Waals surface area contributed by atoms with Crippen molar-refractivity contribution in [1.29, 1.82) is 0 Å². The van der Waals surface area contributed by atoms with E-state index < -0.39 is 5.91 Å². The van der Waals surface area contributed by atoms with Crippen LogP contribution in [-0.4, -0.2) is 22.9 Å². The normalized spacial score (nSPS) is 10.5. The molecule has 0 unspecified atom stereocenters. The van der Waals surface area contributed by atoms with Gasteiger partial charge in [0.15, 0.2) is 0 Å². The van der Waals surface area contributed by atoms with E-state index in [9.17, 15) is 9.59 Å². The van der Waals surface area contributed by atoms with Crippen LogP contribution < -0.4 is 5.43 Å². The Labute approximate surface area is 145 Å². The number of hydrogen-bond acceptors (Lipinski definition) is 2. The molecule has 0 aliphatic rings. The minimum atomic E-state index is -0.458. The van der Waals surface area contributed by atoms with Crippen LogP contribution in [0.1, 0.15) is 34.6 Å². The second-order valence-corrected chi connectivity index (χ2v) is 5.99. The Morgan fingerprint density at radius 2 is 1.52 bits per heavy atom. The standard InChI is InChI=1S/C17H16Cl2N2O2/c1-11(2)21(20-16(22)12-7-4-3-5-8-12)17(23)15-13(18)9-6-10-14(15)19/h3-11H,1-2H3,(H,20,22). The largest absolute Gasteiger partial charge is 0.275 e. The highest BCUT2D eigenvalue weighted by atomic mass is 35.5. The number of amides is 2. The fourth-order valence-corrected chi connectivity index (χ4v) is 2.56. The number of nitrogens with one attached hydrogen (secondary N) is 1. The third-order valence-electron chi connectivity index (χ3n) is 3.17. The van der Waals surface area contributed by atoms with Gasteiger partial charge in [-0.15, -0.1) is 0 Å². The van der Waals surface area contributed by atoms with Crippen molar-refractivity contribution < 1.29 is 9.59 Å². The number of carbonyl (C=O) groups is 2. The zero-order chi connectivity index (χ0) is 17.0. The van der Waals surface area contributed by atoms with Crippen molar-refractivity contribution in [2.75, 3.05) is 0 Å². The van der Waals surface area contributed by atoms with Gasteiger partial charge in [0.25, 0.3) is 11.8 Å². The Morgan fingerprint density at radius 1 is 0.957 bits per heavy atom. The molecule has 0 bridgehead atoms. The Bertz CT molecular complexity index is 698. The van der Waals surface area contributed by atoms with Gasteiger partial charge < -0.3 is 0 Å². The number of benzene rings is 2. The third kappa shape index (κ3) is 4.03. The highest BCUT2D eigenvalue weighted by Gasteiger charge is 2.25. The van der Waals surface area contributed by atoms with Crippen LogP contribution >= 0.6 is 23.2 Å². The van der Waals surface area contributed by atoms with Gasteiger partial charge >= 0.3 is 0 Å². The van der Waals surface area contributed by atoms with E-state index in [0.29, 0.717) is 5.56 Å². The predicted molar refractivity (Wildman–Crippen MR) is 91.7 cm³/mol. The van der Waals surface area contributed by atoms with E-state index in [1.165, 1.54) is 5.01 Å². The number of rotatable bonds is 3. The van der Waals surface area contributed by atoms with Gasteiger partial charge in [-0.2, -0.15) is 0 Å². The van der Waals surface area contributed by atoms with Gasteiger partial charge in [0.1, 0.15) is 0 Å². The number of hydrazine groups is 1. The Morgan fingerprint density at radius 3 is 2.04 bits per heavy atom. The van der Waals surface area contributed by atoms with E-state index in [1.807, 2.05) is 6.07 Å². The first-order valence-corrected chi connectivity index (χ1v) is 7.81. The zero-order valence-electron chi connectivity index (χ0n) is 12.7. The summed E-state index contributed by atoms with van der Waals surface area (Å²) in [7, 11) is 0. The van der Waals surface area contributed by atoms with Crippen molar-refractivity contribution in [2.24, 2.45) is 0 Å². The van der Waals surface area contributed by atoms with Crippen molar-refractivity contribution in [2.45, 2.75) is 19.9 Å². The van der Waals surface area contributed by atoms with Gasteiger partial charge in [0, 0.05) is 11.6 Å². The molecule has 0 fully saturated rings. The van der Waals surface area contributed by atoms with Crippen molar-refractivity contribution in [3.05, 3.63) is 69.7 Å². The van der Waals surface area contributed by atoms with Crippen LogP contribution in [0.15, 0.2) is 48.5 Å². The summed E-state index contributed by atoms with van der Waals surface area (Å²) in [6, 6.07) is 13.2. The summed E-state index contributed by atoms with van der Waals surface area (Å²) in [5.41, 5.74) is 3.23. The average Bonchev–Trinajstić information content (AvgIpc) is 2.52. The summed E-state index contributed by atoms with van der Waals surface area (Å²) < 4.78 is 0. The molecule has 0 aliphatic carbocycles. The van der Waals surface area contributed by atoms with Gasteiger partial charge in [-0.3, -0.25) is 15.0 Å². The number of nitrogens with zero attached hydrogens (tertiary/aromatic N) is 1. The molecule has 2 aromatic carbocycles. The van der Waals surface area contributed by atoms with E-state index in [2.05, 4.69) is 5.43 Å². The summed E-state index contributed by atoms with van der Waals surface area (Å²) >= 11 is 12.2. The molecule has 0 atom stereocenters. The molecule has 0 heterocycles. The molecule has 2 rings (SSSR count). The molecular formula is C17H16Cl2N2O2. The molecule has 0 aromatic heterocycles. The van der Waals surface area contributed by atoms with E-state index in [-0.39, 0.29) is 27.6 Å². The second-order valence-electron chi connectivity index (χ2n) is 5.17. The highest BCUT2D eigenvalue weighted by molar-refractivity contribution is 6.39. The summed E-state index contributed by atoms with van der Waals surface area (Å²) in [6.45, 7) is 3.57. The quantitative estimate of drug-likeness (QED) is 0.843. The topological polar surface area (TPSA) is 49.4 Å². The Hall–Kier alpha value is -2.04. The number of carbonyl (C=O) groups excluding carboxylic acids is 2. The van der Waals surface area contributed by atoms with Crippen LogP contribution in [0.2, 0.25) is 10.0 Å². The fourth-order valence-electron chi connectivity index (χ4n) is 2.00. The van der Waals surface area contributed by atoms with Crippen LogP contribution in [0.5, 0.6) is 0 Å². The molecule has 23 heavy (non-hydrogen) atoms. The predicted octanol–water partition coefficient (Wildman–Crippen LogP) is 4.19. The second kappa shape index (κ2) is 7.49. The van der Waals surface area contributed by atoms with Gasteiger partial charge in [0.05, 0.1) is 15.6 Å². The fraction of sp³-hybridized carbons (Fsp3) is 0.176. The minimum Gasteiger partial charge on any atom is -0.267 e. The molecule has 0 saturated carbocycles. The summed E-state index contributed by atoms with van der Waals surface area (Å²) in [5, 5.41) is 1.70. The maximum atomic E-state index is 12.7. The maximum absolute atomic E-state index is 12.7. The highest BCUT2D eigenvalue weighted by Crippen LogP contribution is 2.26. The van der Waals surface area contributed by atoms with E-state index in [4.69, 9.17) is 23.2 Å². The Kier molecular flexibility index (Phi) is 5.64. The monoisotopic (exact) mass is 350 g/mol. The van der Waals surface area contributed by atoms with Crippen molar-refractivity contribution in [3.8, 4) is 0 Å². The zero-order valence-corrected chi connectivity index (χ0v) is 14.2. The molecule has 1 N–H and O–H groups in total. The summed E-state index contributed by atoms with van der Waals surface area (Å²) in [5.74, 6) is -0.837. The van der Waals surface area contributed by atoms with Crippen LogP contribution in [0, 0.1) is 0 Å². The van der Waals surface area contributed by atoms with Crippen LogP contribution in [-0.2, 0) is 0 Å². The lowest BCUT2D eigenvalue weighted by Gasteiger charge is -2.27. The Balaban J connectivity index is 2.29.